The van der Waals surface area contributed by atoms with Crippen molar-refractivity contribution < 1.29 is 21.2 Å². The number of pyridine rings is 1. The number of nitrogens with one attached hydrogen (secondary N) is 1. The van der Waals surface area contributed by atoms with Crippen LogP contribution in [0.3, 0.4) is 0 Å². The second-order valence-electron chi connectivity index (χ2n) is 8.95. The number of aromatic amines is 1. The van der Waals surface area contributed by atoms with E-state index in [0.717, 1.165) is 18.2 Å². The topological polar surface area (TPSA) is 114 Å². The average Bonchev–Trinajstić information content (AvgIpc) is 3.62. The Morgan fingerprint density at radius 1 is 1.14 bits per heavy atom. The van der Waals surface area contributed by atoms with Crippen molar-refractivity contribution in [2.24, 2.45) is 0 Å². The molecule has 0 bridgehead atoms. The van der Waals surface area contributed by atoms with E-state index in [1.54, 1.807) is 36.4 Å². The van der Waals surface area contributed by atoms with Crippen molar-refractivity contribution in [1.82, 2.24) is 9.55 Å². The lowest BCUT2D eigenvalue weighted by molar-refractivity contribution is 0.342. The van der Waals surface area contributed by atoms with Gasteiger partial charge in [0.2, 0.25) is 0 Å². The van der Waals surface area contributed by atoms with E-state index < -0.39 is 10.5 Å². The molecular weight excluding hydrogens is 497 g/mol. The van der Waals surface area contributed by atoms with Crippen molar-refractivity contribution in [1.29, 1.82) is 5.26 Å². The molecule has 1 N–H and O–H groups in total. The number of rotatable bonds is 6. The SMILES string of the molecule is CCOc1cc2c(=O)c3c4ccc(C#N)cc4[nH]c3n(C3CC3)c2cc1-c1cccc(OS(=O)(=O)F)c1. The van der Waals surface area contributed by atoms with Crippen LogP contribution in [0.25, 0.3) is 44.0 Å². The lowest BCUT2D eigenvalue weighted by Gasteiger charge is -2.17. The number of hydrogen-bond donors (Lipinski definition) is 1. The molecule has 186 valence electrons. The van der Waals surface area contributed by atoms with Crippen LogP contribution in [0, 0.1) is 11.3 Å². The van der Waals surface area contributed by atoms with Gasteiger partial charge in [-0.25, -0.2) is 0 Å². The highest BCUT2D eigenvalue weighted by molar-refractivity contribution is 7.81. The van der Waals surface area contributed by atoms with Crippen molar-refractivity contribution >= 4 is 43.3 Å². The van der Waals surface area contributed by atoms with Crippen LogP contribution in [0.15, 0.2) is 59.4 Å². The summed E-state index contributed by atoms with van der Waals surface area (Å²) < 4.78 is 47.7. The Bertz CT molecular complexity index is 1950. The maximum absolute atomic E-state index is 13.8. The Morgan fingerprint density at radius 3 is 2.65 bits per heavy atom. The van der Waals surface area contributed by atoms with E-state index in [0.29, 0.717) is 56.5 Å². The van der Waals surface area contributed by atoms with E-state index in [9.17, 15) is 22.4 Å². The van der Waals surface area contributed by atoms with E-state index in [4.69, 9.17) is 4.74 Å². The first kappa shape index (κ1) is 23.1. The molecule has 2 aromatic heterocycles. The zero-order chi connectivity index (χ0) is 25.9. The number of aromatic nitrogens is 2. The first-order valence-corrected chi connectivity index (χ1v) is 13.0. The van der Waals surface area contributed by atoms with E-state index in [1.807, 2.05) is 13.0 Å². The summed E-state index contributed by atoms with van der Waals surface area (Å²) in [5, 5.41) is 11.1. The molecule has 37 heavy (non-hydrogen) atoms. The summed E-state index contributed by atoms with van der Waals surface area (Å²) in [5.74, 6) is 0.252. The van der Waals surface area contributed by atoms with Gasteiger partial charge < -0.3 is 18.5 Å². The number of nitriles is 1. The van der Waals surface area contributed by atoms with Crippen LogP contribution in [0.5, 0.6) is 11.5 Å². The fourth-order valence-corrected chi connectivity index (χ4v) is 5.24. The van der Waals surface area contributed by atoms with Crippen LogP contribution in [0.1, 0.15) is 31.4 Å². The molecule has 1 aliphatic carbocycles. The fraction of sp³-hybridized carbons (Fsp3) is 0.185. The molecule has 5 aromatic rings. The third-order valence-electron chi connectivity index (χ3n) is 6.53. The van der Waals surface area contributed by atoms with Crippen LogP contribution in [-0.2, 0) is 10.5 Å². The van der Waals surface area contributed by atoms with Crippen molar-refractivity contribution in [2.75, 3.05) is 6.61 Å². The molecule has 0 unspecified atom stereocenters. The highest BCUT2D eigenvalue weighted by Gasteiger charge is 2.29. The van der Waals surface area contributed by atoms with Crippen molar-refractivity contribution in [3.05, 3.63) is 70.4 Å². The van der Waals surface area contributed by atoms with Gasteiger partial charge >= 0.3 is 10.5 Å². The first-order chi connectivity index (χ1) is 17.8. The first-order valence-electron chi connectivity index (χ1n) is 11.7. The highest BCUT2D eigenvalue weighted by atomic mass is 32.3. The fourth-order valence-electron chi connectivity index (χ4n) is 4.91. The Kier molecular flexibility index (Phi) is 5.21. The summed E-state index contributed by atoms with van der Waals surface area (Å²) in [6.45, 7) is 2.15. The lowest BCUT2D eigenvalue weighted by Crippen LogP contribution is -2.11. The third-order valence-corrected chi connectivity index (χ3v) is 6.92. The van der Waals surface area contributed by atoms with Crippen LogP contribution in [0.4, 0.5) is 3.89 Å². The minimum atomic E-state index is -5.19. The lowest BCUT2D eigenvalue weighted by atomic mass is 10.0. The Morgan fingerprint density at radius 2 is 1.95 bits per heavy atom. The van der Waals surface area contributed by atoms with Gasteiger partial charge in [0.25, 0.3) is 0 Å². The number of nitrogens with zero attached hydrogens (tertiary/aromatic N) is 2. The largest absolute Gasteiger partial charge is 0.493 e. The summed E-state index contributed by atoms with van der Waals surface area (Å²) in [6, 6.07) is 17.1. The smallest absolute Gasteiger partial charge is 0.488 e. The minimum absolute atomic E-state index is 0.161. The van der Waals surface area contributed by atoms with E-state index in [1.165, 1.54) is 12.1 Å². The maximum atomic E-state index is 13.8. The number of H-pyrrole nitrogens is 1. The normalized spacial score (nSPS) is 13.8. The molecule has 0 atom stereocenters. The Balaban J connectivity index is 1.68. The molecule has 10 heteroatoms. The van der Waals surface area contributed by atoms with Crippen LogP contribution < -0.4 is 14.3 Å². The van der Waals surface area contributed by atoms with Gasteiger partial charge in [-0.2, -0.15) is 13.7 Å². The number of fused-ring (bicyclic) bond motifs is 4. The van der Waals surface area contributed by atoms with Crippen LogP contribution >= 0.6 is 0 Å². The highest BCUT2D eigenvalue weighted by Crippen LogP contribution is 2.43. The van der Waals surface area contributed by atoms with Gasteiger partial charge in [-0.15, -0.1) is 0 Å². The molecular formula is C27H20FN3O5S. The van der Waals surface area contributed by atoms with Crippen molar-refractivity contribution in [3.63, 3.8) is 0 Å². The predicted molar refractivity (Wildman–Crippen MR) is 138 cm³/mol. The third kappa shape index (κ3) is 3.97. The van der Waals surface area contributed by atoms with Gasteiger partial charge in [-0.1, -0.05) is 22.1 Å². The minimum Gasteiger partial charge on any atom is -0.493 e. The number of ether oxygens (including phenoxy) is 1. The van der Waals surface area contributed by atoms with Gasteiger partial charge in [0.05, 0.1) is 34.5 Å². The molecule has 0 amide bonds. The summed E-state index contributed by atoms with van der Waals surface area (Å²) in [4.78, 5) is 17.2. The van der Waals surface area contributed by atoms with Crippen molar-refractivity contribution in [2.45, 2.75) is 25.8 Å². The summed E-state index contributed by atoms with van der Waals surface area (Å²) in [6.07, 6.45) is 1.90. The Hall–Kier alpha value is -4.36. The molecule has 0 saturated heterocycles. The van der Waals surface area contributed by atoms with Gasteiger partial charge in [0, 0.05) is 22.5 Å². The molecule has 8 nitrogen and oxygen atoms in total. The standard InChI is InChI=1S/C27H20FN3O5S/c1-2-35-24-13-21-23(12-20(24)16-4-3-5-18(11-16)36-37(28,33)34)31(17-7-8-17)27-25(26(21)32)19-9-6-15(14-29)10-22(19)30-27/h3-6,9-13,17,30H,2,7-8H2,1H3. The van der Waals surface area contributed by atoms with Gasteiger partial charge in [0.15, 0.2) is 5.43 Å². The zero-order valence-electron chi connectivity index (χ0n) is 19.6. The molecule has 3 aromatic carbocycles. The molecule has 1 aliphatic rings. The van der Waals surface area contributed by atoms with Crippen molar-refractivity contribution in [3.8, 4) is 28.7 Å². The maximum Gasteiger partial charge on any atom is 0.488 e. The van der Waals surface area contributed by atoms with Crippen LogP contribution in [0.2, 0.25) is 0 Å². The summed E-state index contributed by atoms with van der Waals surface area (Å²) >= 11 is 0. The number of halogens is 1. The second kappa shape index (κ2) is 8.35. The van der Waals surface area contributed by atoms with E-state index in [2.05, 4.69) is 19.8 Å². The molecule has 2 heterocycles. The number of hydrogen-bond acceptors (Lipinski definition) is 6. The number of benzene rings is 3. The zero-order valence-corrected chi connectivity index (χ0v) is 20.4. The molecule has 0 spiro atoms. The average molecular weight is 518 g/mol. The van der Waals surface area contributed by atoms with Crippen LogP contribution in [-0.4, -0.2) is 24.6 Å². The second-order valence-corrected chi connectivity index (χ2v) is 9.91. The summed E-state index contributed by atoms with van der Waals surface area (Å²) in [7, 11) is -5.19. The molecule has 0 radical (unpaired) electrons. The van der Waals surface area contributed by atoms with Gasteiger partial charge in [-0.3, -0.25) is 4.79 Å². The molecule has 1 fully saturated rings. The molecule has 6 rings (SSSR count). The van der Waals surface area contributed by atoms with Gasteiger partial charge in [0.1, 0.15) is 17.1 Å². The summed E-state index contributed by atoms with van der Waals surface area (Å²) in [5.41, 5.74) is 3.55. The molecule has 0 aliphatic heterocycles. The predicted octanol–water partition coefficient (Wildman–Crippen LogP) is 5.50. The van der Waals surface area contributed by atoms with E-state index >= 15 is 0 Å². The monoisotopic (exact) mass is 517 g/mol. The Labute approximate surface area is 210 Å². The quantitative estimate of drug-likeness (QED) is 0.298. The molecule has 1 saturated carbocycles. The van der Waals surface area contributed by atoms with Gasteiger partial charge in [-0.05, 0) is 61.7 Å². The van der Waals surface area contributed by atoms with E-state index in [-0.39, 0.29) is 17.2 Å².